The molecule has 0 aliphatic carbocycles. The second-order valence-corrected chi connectivity index (χ2v) is 6.91. The van der Waals surface area contributed by atoms with Gasteiger partial charge in [-0.2, -0.15) is 0 Å². The van der Waals surface area contributed by atoms with E-state index in [4.69, 9.17) is 27.9 Å². The van der Waals surface area contributed by atoms with Crippen LogP contribution >= 0.6 is 35.0 Å². The van der Waals surface area contributed by atoms with Gasteiger partial charge in [0.1, 0.15) is 11.6 Å². The lowest BCUT2D eigenvalue weighted by Crippen LogP contribution is -2.28. The predicted molar refractivity (Wildman–Crippen MR) is 96.7 cm³/mol. The van der Waals surface area contributed by atoms with Crippen molar-refractivity contribution in [2.75, 3.05) is 12.9 Å². The molecule has 0 heterocycles. The minimum Gasteiger partial charge on any atom is -0.497 e. The Labute approximate surface area is 154 Å². The van der Waals surface area contributed by atoms with Crippen LogP contribution in [0, 0.1) is 5.82 Å². The number of rotatable bonds is 6. The van der Waals surface area contributed by atoms with E-state index in [1.165, 1.54) is 23.9 Å². The molecule has 2 aromatic rings. The van der Waals surface area contributed by atoms with Crippen molar-refractivity contribution in [2.24, 2.45) is 0 Å². The van der Waals surface area contributed by atoms with E-state index in [0.717, 1.165) is 10.6 Å². The molecule has 2 aromatic carbocycles. The fraction of sp³-hybridized carbons (Fsp3) is 0.235. The average Bonchev–Trinajstić information content (AvgIpc) is 2.56. The van der Waals surface area contributed by atoms with Gasteiger partial charge in [-0.25, -0.2) is 4.39 Å². The smallest absolute Gasteiger partial charge is 0.230 e. The molecule has 0 saturated carbocycles. The Balaban J connectivity index is 1.95. The molecule has 2 rings (SSSR count). The number of methoxy groups -OCH3 is 1. The summed E-state index contributed by atoms with van der Waals surface area (Å²) < 4.78 is 18.7. The van der Waals surface area contributed by atoms with E-state index in [9.17, 15) is 9.18 Å². The lowest BCUT2D eigenvalue weighted by Gasteiger charge is -2.16. The third-order valence-corrected chi connectivity index (χ3v) is 4.91. The number of carbonyl (C=O) groups is 1. The van der Waals surface area contributed by atoms with Crippen molar-refractivity contribution in [1.29, 1.82) is 0 Å². The monoisotopic (exact) mass is 387 g/mol. The van der Waals surface area contributed by atoms with Crippen molar-refractivity contribution >= 4 is 40.9 Å². The van der Waals surface area contributed by atoms with E-state index >= 15 is 0 Å². The number of nitrogens with one attached hydrogen (secondary N) is 1. The summed E-state index contributed by atoms with van der Waals surface area (Å²) in [6.45, 7) is 1.74. The highest BCUT2D eigenvalue weighted by atomic mass is 35.5. The molecule has 0 aromatic heterocycles. The van der Waals surface area contributed by atoms with Crippen LogP contribution in [0.4, 0.5) is 4.39 Å². The normalized spacial score (nSPS) is 11.9. The van der Waals surface area contributed by atoms with Crippen molar-refractivity contribution < 1.29 is 13.9 Å². The first kappa shape index (κ1) is 18.9. The number of benzene rings is 2. The largest absolute Gasteiger partial charge is 0.497 e. The van der Waals surface area contributed by atoms with E-state index in [0.29, 0.717) is 10.6 Å². The number of hydrogen-bond acceptors (Lipinski definition) is 3. The molecule has 7 heteroatoms. The van der Waals surface area contributed by atoms with Crippen LogP contribution in [0.25, 0.3) is 0 Å². The van der Waals surface area contributed by atoms with Crippen molar-refractivity contribution in [2.45, 2.75) is 17.9 Å². The van der Waals surface area contributed by atoms with E-state index < -0.39 is 11.9 Å². The second-order valence-electron chi connectivity index (χ2n) is 5.04. The fourth-order valence-corrected chi connectivity index (χ4v) is 3.37. The Bertz CT molecular complexity index is 743. The maximum absolute atomic E-state index is 13.6. The molecule has 1 unspecified atom stereocenters. The van der Waals surface area contributed by atoms with Crippen LogP contribution in [0.15, 0.2) is 41.3 Å². The number of thioether (sulfide) groups is 1. The SMILES string of the molecule is COc1cccc(SCC(=O)NC(C)c2cc(F)c(Cl)cc2Cl)c1. The molecule has 0 fully saturated rings. The van der Waals surface area contributed by atoms with Crippen LogP contribution < -0.4 is 10.1 Å². The van der Waals surface area contributed by atoms with Gasteiger partial charge in [0.05, 0.1) is 23.9 Å². The third-order valence-electron chi connectivity index (χ3n) is 3.29. The van der Waals surface area contributed by atoms with Crippen LogP contribution in [0.2, 0.25) is 10.0 Å². The lowest BCUT2D eigenvalue weighted by molar-refractivity contribution is -0.119. The van der Waals surface area contributed by atoms with Crippen LogP contribution in [-0.2, 0) is 4.79 Å². The molecule has 0 aliphatic heterocycles. The molecule has 0 spiro atoms. The molecule has 1 N–H and O–H groups in total. The highest BCUT2D eigenvalue weighted by molar-refractivity contribution is 8.00. The van der Waals surface area contributed by atoms with Gasteiger partial charge in [0.15, 0.2) is 0 Å². The average molecular weight is 388 g/mol. The first-order chi connectivity index (χ1) is 11.4. The number of carbonyl (C=O) groups excluding carboxylic acids is 1. The summed E-state index contributed by atoms with van der Waals surface area (Å²) in [5, 5.41) is 3.07. The van der Waals surface area contributed by atoms with Crippen LogP contribution in [0.1, 0.15) is 18.5 Å². The van der Waals surface area contributed by atoms with E-state index in [-0.39, 0.29) is 16.7 Å². The first-order valence-corrected chi connectivity index (χ1v) is 8.85. The van der Waals surface area contributed by atoms with Crippen molar-refractivity contribution in [1.82, 2.24) is 5.32 Å². The molecule has 0 aliphatic rings. The van der Waals surface area contributed by atoms with Gasteiger partial charge >= 0.3 is 0 Å². The molecule has 24 heavy (non-hydrogen) atoms. The molecule has 3 nitrogen and oxygen atoms in total. The van der Waals surface area contributed by atoms with Gasteiger partial charge in [0.2, 0.25) is 5.91 Å². The van der Waals surface area contributed by atoms with Crippen LogP contribution in [0.5, 0.6) is 5.75 Å². The van der Waals surface area contributed by atoms with E-state index in [2.05, 4.69) is 5.32 Å². The number of amides is 1. The van der Waals surface area contributed by atoms with E-state index in [1.807, 2.05) is 24.3 Å². The summed E-state index contributed by atoms with van der Waals surface area (Å²) in [6.07, 6.45) is 0. The zero-order valence-corrected chi connectivity index (χ0v) is 15.4. The van der Waals surface area contributed by atoms with Crippen LogP contribution in [-0.4, -0.2) is 18.8 Å². The molecular weight excluding hydrogens is 372 g/mol. The van der Waals surface area contributed by atoms with Gasteiger partial charge in [-0.1, -0.05) is 29.3 Å². The van der Waals surface area contributed by atoms with Gasteiger partial charge in [0, 0.05) is 9.92 Å². The molecule has 1 atom stereocenters. The van der Waals surface area contributed by atoms with Crippen molar-refractivity contribution in [3.05, 3.63) is 57.8 Å². The highest BCUT2D eigenvalue weighted by Gasteiger charge is 2.15. The summed E-state index contributed by atoms with van der Waals surface area (Å²) in [5.74, 6) is 0.215. The van der Waals surface area contributed by atoms with Gasteiger partial charge in [-0.15, -0.1) is 11.8 Å². The molecule has 0 bridgehead atoms. The predicted octanol–water partition coefficient (Wildman–Crippen LogP) is 5.11. The summed E-state index contributed by atoms with van der Waals surface area (Å²) >= 11 is 13.1. The maximum Gasteiger partial charge on any atom is 0.230 e. The summed E-state index contributed by atoms with van der Waals surface area (Å²) in [5.41, 5.74) is 0.485. The minimum absolute atomic E-state index is 0.0455. The first-order valence-electron chi connectivity index (χ1n) is 7.11. The Morgan fingerprint density at radius 2 is 2.04 bits per heavy atom. The standard InChI is InChI=1S/C17H16Cl2FNO2S/c1-10(13-7-16(20)15(19)8-14(13)18)21-17(22)9-24-12-5-3-4-11(6-12)23-2/h3-8,10H,9H2,1-2H3,(H,21,22). The summed E-state index contributed by atoms with van der Waals surface area (Å²) in [7, 11) is 1.59. The third kappa shape index (κ3) is 5.03. The van der Waals surface area contributed by atoms with Crippen molar-refractivity contribution in [3.63, 3.8) is 0 Å². The Kier molecular flexibility index (Phi) is 6.78. The molecule has 0 radical (unpaired) electrons. The maximum atomic E-state index is 13.6. The van der Waals surface area contributed by atoms with Crippen molar-refractivity contribution in [3.8, 4) is 5.75 Å². The quantitative estimate of drug-likeness (QED) is 0.552. The lowest BCUT2D eigenvalue weighted by atomic mass is 10.1. The van der Waals surface area contributed by atoms with Gasteiger partial charge in [-0.3, -0.25) is 4.79 Å². The minimum atomic E-state index is -0.567. The molecular formula is C17H16Cl2FNO2S. The van der Waals surface area contributed by atoms with Crippen LogP contribution in [0.3, 0.4) is 0 Å². The van der Waals surface area contributed by atoms with Gasteiger partial charge < -0.3 is 10.1 Å². The fourth-order valence-electron chi connectivity index (χ4n) is 2.07. The number of halogens is 3. The van der Waals surface area contributed by atoms with Gasteiger partial charge in [-0.05, 0) is 42.8 Å². The molecule has 1 amide bonds. The Hall–Kier alpha value is -1.43. The second kappa shape index (κ2) is 8.60. The Morgan fingerprint density at radius 3 is 2.75 bits per heavy atom. The summed E-state index contributed by atoms with van der Waals surface area (Å²) in [6, 6.07) is 9.60. The summed E-state index contributed by atoms with van der Waals surface area (Å²) in [4.78, 5) is 13.0. The Morgan fingerprint density at radius 1 is 1.29 bits per heavy atom. The van der Waals surface area contributed by atoms with E-state index in [1.54, 1.807) is 14.0 Å². The zero-order valence-electron chi connectivity index (χ0n) is 13.1. The number of ether oxygens (including phenoxy) is 1. The van der Waals surface area contributed by atoms with Gasteiger partial charge in [0.25, 0.3) is 0 Å². The zero-order chi connectivity index (χ0) is 17.7. The topological polar surface area (TPSA) is 38.3 Å². The molecule has 0 saturated heterocycles. The molecule has 128 valence electrons. The highest BCUT2D eigenvalue weighted by Crippen LogP contribution is 2.29. The number of hydrogen-bond donors (Lipinski definition) is 1.